The van der Waals surface area contributed by atoms with Crippen molar-refractivity contribution in [1.82, 2.24) is 10.2 Å². The van der Waals surface area contributed by atoms with Crippen molar-refractivity contribution in [2.45, 2.75) is 46.2 Å². The van der Waals surface area contributed by atoms with Crippen molar-refractivity contribution in [1.29, 1.82) is 0 Å². The Morgan fingerprint density at radius 3 is 2.68 bits per heavy atom. The number of piperidine rings is 1. The number of hydrogen-bond acceptors (Lipinski definition) is 4. The van der Waals surface area contributed by atoms with E-state index in [0.29, 0.717) is 36.4 Å². The van der Waals surface area contributed by atoms with Crippen LogP contribution in [-0.4, -0.2) is 36.5 Å². The Bertz CT molecular complexity index is 476. The molecule has 1 saturated heterocycles. The molecule has 5 heteroatoms. The van der Waals surface area contributed by atoms with Crippen molar-refractivity contribution in [2.24, 2.45) is 17.6 Å². The summed E-state index contributed by atoms with van der Waals surface area (Å²) in [6.07, 6.45) is 3.97. The maximum Gasteiger partial charge on any atom is 0.254 e. The van der Waals surface area contributed by atoms with Crippen LogP contribution >= 0.6 is 0 Å². The van der Waals surface area contributed by atoms with Crippen molar-refractivity contribution >= 4 is 5.91 Å². The molecule has 22 heavy (non-hydrogen) atoms. The van der Waals surface area contributed by atoms with Gasteiger partial charge in [0, 0.05) is 12.6 Å². The van der Waals surface area contributed by atoms with E-state index in [4.69, 9.17) is 10.2 Å². The van der Waals surface area contributed by atoms with Crippen molar-refractivity contribution in [3.05, 3.63) is 23.7 Å². The minimum atomic E-state index is -0.0838. The number of carbonyl (C=O) groups excluding carboxylic acids is 1. The molecule has 124 valence electrons. The minimum absolute atomic E-state index is 0.0838. The van der Waals surface area contributed by atoms with E-state index in [1.165, 1.54) is 19.1 Å². The van der Waals surface area contributed by atoms with Gasteiger partial charge < -0.3 is 15.5 Å². The molecule has 1 aromatic heterocycles. The summed E-state index contributed by atoms with van der Waals surface area (Å²) in [7, 11) is 0. The second kappa shape index (κ2) is 7.79. The Kier molecular flexibility index (Phi) is 6.03. The topological polar surface area (TPSA) is 71.5 Å². The van der Waals surface area contributed by atoms with Crippen LogP contribution in [0.2, 0.25) is 0 Å². The Hall–Kier alpha value is -1.33. The van der Waals surface area contributed by atoms with Gasteiger partial charge in [-0.2, -0.15) is 0 Å². The number of likely N-dealkylation sites (tertiary alicyclic amines) is 1. The van der Waals surface area contributed by atoms with Crippen LogP contribution in [-0.2, 0) is 6.54 Å². The molecule has 3 N–H and O–H groups in total. The third-order valence-corrected chi connectivity index (χ3v) is 4.65. The van der Waals surface area contributed by atoms with Crippen LogP contribution in [0.1, 0.15) is 49.7 Å². The molecule has 1 aliphatic rings. The molecule has 1 atom stereocenters. The lowest BCUT2D eigenvalue weighted by molar-refractivity contribution is 0.0862. The summed E-state index contributed by atoms with van der Waals surface area (Å²) >= 11 is 0. The van der Waals surface area contributed by atoms with Gasteiger partial charge in [0.05, 0.1) is 12.1 Å². The molecular formula is C17H29N3O2. The summed E-state index contributed by atoms with van der Waals surface area (Å²) in [4.78, 5) is 14.7. The van der Waals surface area contributed by atoms with Gasteiger partial charge in [0.2, 0.25) is 0 Å². The first-order valence-corrected chi connectivity index (χ1v) is 8.31. The number of nitrogens with one attached hydrogen (secondary N) is 1. The van der Waals surface area contributed by atoms with Gasteiger partial charge in [-0.1, -0.05) is 20.8 Å². The van der Waals surface area contributed by atoms with E-state index >= 15 is 0 Å². The van der Waals surface area contributed by atoms with E-state index in [-0.39, 0.29) is 5.91 Å². The molecule has 1 fully saturated rings. The second-order valence-corrected chi connectivity index (χ2v) is 6.75. The van der Waals surface area contributed by atoms with Gasteiger partial charge in [0.15, 0.2) is 0 Å². The van der Waals surface area contributed by atoms with E-state index in [0.717, 1.165) is 19.0 Å². The lowest BCUT2D eigenvalue weighted by Crippen LogP contribution is -2.49. The summed E-state index contributed by atoms with van der Waals surface area (Å²) in [6.45, 7) is 10.0. The summed E-state index contributed by atoms with van der Waals surface area (Å²) in [6, 6.07) is 2.10. The van der Waals surface area contributed by atoms with E-state index in [1.54, 1.807) is 6.07 Å². The first-order valence-electron chi connectivity index (χ1n) is 8.31. The van der Waals surface area contributed by atoms with Gasteiger partial charge in [-0.3, -0.25) is 9.69 Å². The Morgan fingerprint density at radius 2 is 2.14 bits per heavy atom. The SMILES string of the molecule is CC1CCN(C(CNC(=O)c2coc(CN)c2)C(C)C)CC1. The Morgan fingerprint density at radius 1 is 1.45 bits per heavy atom. The summed E-state index contributed by atoms with van der Waals surface area (Å²) < 4.78 is 5.22. The van der Waals surface area contributed by atoms with Crippen LogP contribution in [0.15, 0.2) is 16.7 Å². The van der Waals surface area contributed by atoms with E-state index in [9.17, 15) is 4.79 Å². The molecule has 5 nitrogen and oxygen atoms in total. The largest absolute Gasteiger partial charge is 0.467 e. The molecule has 0 saturated carbocycles. The van der Waals surface area contributed by atoms with Crippen molar-refractivity contribution in [2.75, 3.05) is 19.6 Å². The zero-order chi connectivity index (χ0) is 16.1. The highest BCUT2D eigenvalue weighted by atomic mass is 16.3. The highest BCUT2D eigenvalue weighted by molar-refractivity contribution is 5.93. The number of nitrogens with two attached hydrogens (primary N) is 1. The standard InChI is InChI=1S/C17H29N3O2/c1-12(2)16(20-6-4-13(3)5-7-20)10-19-17(21)14-8-15(9-18)22-11-14/h8,11-13,16H,4-7,9-10,18H2,1-3H3,(H,19,21). The van der Waals surface area contributed by atoms with Crippen molar-refractivity contribution in [3.8, 4) is 0 Å². The molecule has 2 rings (SSSR count). The molecule has 0 aliphatic carbocycles. The molecule has 1 unspecified atom stereocenters. The van der Waals surface area contributed by atoms with Gasteiger partial charge in [0.25, 0.3) is 5.91 Å². The van der Waals surface area contributed by atoms with Gasteiger partial charge in [-0.15, -0.1) is 0 Å². The van der Waals surface area contributed by atoms with Gasteiger partial charge >= 0.3 is 0 Å². The van der Waals surface area contributed by atoms with E-state index in [1.807, 2.05) is 0 Å². The van der Waals surface area contributed by atoms with Crippen LogP contribution in [0.4, 0.5) is 0 Å². The van der Waals surface area contributed by atoms with Crippen LogP contribution in [0, 0.1) is 11.8 Å². The highest BCUT2D eigenvalue weighted by Crippen LogP contribution is 2.21. The molecule has 2 heterocycles. The highest BCUT2D eigenvalue weighted by Gasteiger charge is 2.26. The quantitative estimate of drug-likeness (QED) is 0.845. The molecule has 1 aromatic rings. The molecular weight excluding hydrogens is 278 g/mol. The number of carbonyl (C=O) groups is 1. The predicted molar refractivity (Wildman–Crippen MR) is 87.5 cm³/mol. The fourth-order valence-corrected chi connectivity index (χ4v) is 3.05. The number of nitrogens with zero attached hydrogens (tertiary/aromatic N) is 1. The first-order chi connectivity index (χ1) is 10.5. The monoisotopic (exact) mass is 307 g/mol. The lowest BCUT2D eigenvalue weighted by Gasteiger charge is -2.38. The average Bonchev–Trinajstić information content (AvgIpc) is 2.98. The first kappa shape index (κ1) is 17.0. The molecule has 0 radical (unpaired) electrons. The summed E-state index contributed by atoms with van der Waals surface area (Å²) in [5.41, 5.74) is 6.05. The second-order valence-electron chi connectivity index (χ2n) is 6.75. The van der Waals surface area contributed by atoms with Gasteiger partial charge in [-0.25, -0.2) is 0 Å². The summed E-state index contributed by atoms with van der Waals surface area (Å²) in [5, 5.41) is 3.04. The molecule has 0 spiro atoms. The van der Waals surface area contributed by atoms with E-state index in [2.05, 4.69) is 31.0 Å². The average molecular weight is 307 g/mol. The molecule has 1 aliphatic heterocycles. The third kappa shape index (κ3) is 4.34. The fraction of sp³-hybridized carbons (Fsp3) is 0.706. The third-order valence-electron chi connectivity index (χ3n) is 4.65. The van der Waals surface area contributed by atoms with E-state index < -0.39 is 0 Å². The van der Waals surface area contributed by atoms with Crippen LogP contribution in [0.5, 0.6) is 0 Å². The zero-order valence-corrected chi connectivity index (χ0v) is 14.0. The number of amides is 1. The maximum atomic E-state index is 12.2. The maximum absolute atomic E-state index is 12.2. The lowest BCUT2D eigenvalue weighted by atomic mass is 9.94. The molecule has 0 aromatic carbocycles. The van der Waals surface area contributed by atoms with Crippen LogP contribution < -0.4 is 11.1 Å². The van der Waals surface area contributed by atoms with Crippen LogP contribution in [0.3, 0.4) is 0 Å². The van der Waals surface area contributed by atoms with Crippen LogP contribution in [0.25, 0.3) is 0 Å². The minimum Gasteiger partial charge on any atom is -0.467 e. The smallest absolute Gasteiger partial charge is 0.254 e. The van der Waals surface area contributed by atoms with Gasteiger partial charge in [-0.05, 0) is 43.8 Å². The Labute approximate surface area is 133 Å². The fourth-order valence-electron chi connectivity index (χ4n) is 3.05. The molecule has 0 bridgehead atoms. The zero-order valence-electron chi connectivity index (χ0n) is 14.0. The number of hydrogen-bond donors (Lipinski definition) is 2. The normalized spacial score (nSPS) is 18.6. The van der Waals surface area contributed by atoms with Gasteiger partial charge in [0.1, 0.15) is 12.0 Å². The molecule has 1 amide bonds. The van der Waals surface area contributed by atoms with Crippen molar-refractivity contribution in [3.63, 3.8) is 0 Å². The number of furan rings is 1. The summed E-state index contributed by atoms with van der Waals surface area (Å²) in [5.74, 6) is 1.88. The predicted octanol–water partition coefficient (Wildman–Crippen LogP) is 2.22. The Balaban J connectivity index is 1.89. The van der Waals surface area contributed by atoms with Crippen molar-refractivity contribution < 1.29 is 9.21 Å². The number of rotatable bonds is 6.